The molecule has 1 aliphatic heterocycles. The molecule has 1 aliphatic rings. The van der Waals surface area contributed by atoms with Crippen molar-refractivity contribution in [3.05, 3.63) is 12.3 Å². The fourth-order valence-electron chi connectivity index (χ4n) is 1.26. The minimum absolute atomic E-state index is 0.417. The van der Waals surface area contributed by atoms with E-state index in [0.29, 0.717) is 6.10 Å². The number of nitrogens with one attached hydrogen (secondary N) is 1. The second-order valence-corrected chi connectivity index (χ2v) is 3.15. The molecule has 0 aliphatic carbocycles. The molecule has 0 amide bonds. The van der Waals surface area contributed by atoms with Gasteiger partial charge in [0.15, 0.2) is 0 Å². The summed E-state index contributed by atoms with van der Waals surface area (Å²) in [5.41, 5.74) is 1.03. The predicted molar refractivity (Wildman–Crippen MR) is 57.8 cm³/mol. The van der Waals surface area contributed by atoms with E-state index < -0.39 is 0 Å². The molecule has 1 saturated heterocycles. The van der Waals surface area contributed by atoms with Crippen LogP contribution in [0.2, 0.25) is 0 Å². The van der Waals surface area contributed by atoms with Gasteiger partial charge < -0.3 is 10.1 Å². The van der Waals surface area contributed by atoms with Gasteiger partial charge in [0.25, 0.3) is 0 Å². The number of allylic oxidation sites excluding steroid dienone is 1. The molecule has 0 saturated carbocycles. The van der Waals surface area contributed by atoms with Gasteiger partial charge >= 0.3 is 0 Å². The highest BCUT2D eigenvalue weighted by Crippen LogP contribution is 2.11. The number of hydrogen-bond acceptors (Lipinski definition) is 2. The standard InChI is InChI=1S/C9H17NO.C2H6/c1-8(2)10-7-9-5-3-4-6-11-9;1-2/h9-10H,1,3-7H2,2H3;1-2H3/t9-;/m1./s1. The van der Waals surface area contributed by atoms with Crippen molar-refractivity contribution in [2.24, 2.45) is 0 Å². The van der Waals surface area contributed by atoms with Gasteiger partial charge in [-0.1, -0.05) is 20.4 Å². The van der Waals surface area contributed by atoms with Gasteiger partial charge in [-0.3, -0.25) is 0 Å². The van der Waals surface area contributed by atoms with E-state index in [9.17, 15) is 0 Å². The highest BCUT2D eigenvalue weighted by Gasteiger charge is 2.12. The van der Waals surface area contributed by atoms with Gasteiger partial charge in [-0.25, -0.2) is 0 Å². The Bertz CT molecular complexity index is 128. The van der Waals surface area contributed by atoms with Crippen LogP contribution in [-0.4, -0.2) is 19.3 Å². The van der Waals surface area contributed by atoms with E-state index in [1.807, 2.05) is 20.8 Å². The molecule has 0 unspecified atom stereocenters. The first kappa shape index (κ1) is 12.5. The normalized spacial score (nSPS) is 21.3. The summed E-state index contributed by atoms with van der Waals surface area (Å²) in [5.74, 6) is 0. The lowest BCUT2D eigenvalue weighted by atomic mass is 10.1. The van der Waals surface area contributed by atoms with Crippen molar-refractivity contribution in [3.63, 3.8) is 0 Å². The molecule has 2 heteroatoms. The minimum atomic E-state index is 0.417. The van der Waals surface area contributed by atoms with Crippen molar-refractivity contribution < 1.29 is 4.74 Å². The molecule has 2 nitrogen and oxygen atoms in total. The summed E-state index contributed by atoms with van der Waals surface area (Å²) in [6.45, 7) is 11.6. The lowest BCUT2D eigenvalue weighted by molar-refractivity contribution is 0.0184. The maximum absolute atomic E-state index is 5.52. The molecule has 1 fully saturated rings. The van der Waals surface area contributed by atoms with Gasteiger partial charge in [0, 0.05) is 18.8 Å². The zero-order chi connectivity index (χ0) is 10.1. The minimum Gasteiger partial charge on any atom is -0.386 e. The SMILES string of the molecule is C=C(C)NC[C@H]1CCCCO1.CC. The molecule has 0 aromatic carbocycles. The van der Waals surface area contributed by atoms with E-state index >= 15 is 0 Å². The second kappa shape index (κ2) is 8.11. The monoisotopic (exact) mass is 185 g/mol. The van der Waals surface area contributed by atoms with Gasteiger partial charge in [-0.15, -0.1) is 0 Å². The van der Waals surface area contributed by atoms with Gasteiger partial charge in [0.05, 0.1) is 6.10 Å². The van der Waals surface area contributed by atoms with Gasteiger partial charge in [-0.2, -0.15) is 0 Å². The molecule has 1 N–H and O–H groups in total. The van der Waals surface area contributed by atoms with Crippen LogP contribution in [0.1, 0.15) is 40.0 Å². The first-order valence-electron chi connectivity index (χ1n) is 5.30. The maximum atomic E-state index is 5.52. The van der Waals surface area contributed by atoms with E-state index in [4.69, 9.17) is 4.74 Å². The summed E-state index contributed by atoms with van der Waals surface area (Å²) in [7, 11) is 0. The summed E-state index contributed by atoms with van der Waals surface area (Å²) >= 11 is 0. The van der Waals surface area contributed by atoms with Crippen LogP contribution in [0.5, 0.6) is 0 Å². The Morgan fingerprint density at radius 1 is 1.46 bits per heavy atom. The van der Waals surface area contributed by atoms with Crippen LogP contribution in [0.3, 0.4) is 0 Å². The molecular formula is C11H23NO. The van der Waals surface area contributed by atoms with Gasteiger partial charge in [0.1, 0.15) is 0 Å². The molecular weight excluding hydrogens is 162 g/mol. The molecule has 0 radical (unpaired) electrons. The lowest BCUT2D eigenvalue weighted by Crippen LogP contribution is -2.30. The summed E-state index contributed by atoms with van der Waals surface area (Å²) in [5, 5.41) is 3.20. The van der Waals surface area contributed by atoms with Crippen molar-refractivity contribution in [1.29, 1.82) is 0 Å². The van der Waals surface area contributed by atoms with Crippen molar-refractivity contribution in [2.45, 2.75) is 46.1 Å². The van der Waals surface area contributed by atoms with E-state index in [2.05, 4.69) is 11.9 Å². The van der Waals surface area contributed by atoms with Crippen LogP contribution >= 0.6 is 0 Å². The largest absolute Gasteiger partial charge is 0.386 e. The summed E-state index contributed by atoms with van der Waals surface area (Å²) in [6.07, 6.45) is 4.15. The molecule has 1 atom stereocenters. The van der Waals surface area contributed by atoms with E-state index in [-0.39, 0.29) is 0 Å². The topological polar surface area (TPSA) is 21.3 Å². The molecule has 1 rings (SSSR count). The van der Waals surface area contributed by atoms with E-state index in [1.54, 1.807) is 0 Å². The van der Waals surface area contributed by atoms with Crippen LogP contribution in [0.4, 0.5) is 0 Å². The first-order chi connectivity index (χ1) is 6.29. The van der Waals surface area contributed by atoms with Crippen LogP contribution in [0.25, 0.3) is 0 Å². The smallest absolute Gasteiger partial charge is 0.0747 e. The Morgan fingerprint density at radius 3 is 2.62 bits per heavy atom. The quantitative estimate of drug-likeness (QED) is 0.730. The Morgan fingerprint density at radius 2 is 2.15 bits per heavy atom. The summed E-state index contributed by atoms with van der Waals surface area (Å²) in [4.78, 5) is 0. The highest BCUT2D eigenvalue weighted by atomic mass is 16.5. The predicted octanol–water partition coefficient (Wildman–Crippen LogP) is 2.70. The Labute approximate surface area is 82.4 Å². The second-order valence-electron chi connectivity index (χ2n) is 3.15. The summed E-state index contributed by atoms with van der Waals surface area (Å²) in [6, 6.07) is 0. The van der Waals surface area contributed by atoms with Crippen LogP contribution in [0.15, 0.2) is 12.3 Å². The Kier molecular flexibility index (Phi) is 7.80. The molecule has 0 spiro atoms. The van der Waals surface area contributed by atoms with Gasteiger partial charge in [-0.05, 0) is 26.2 Å². The van der Waals surface area contributed by atoms with Crippen LogP contribution in [-0.2, 0) is 4.74 Å². The zero-order valence-corrected chi connectivity index (χ0v) is 9.23. The van der Waals surface area contributed by atoms with E-state index in [0.717, 1.165) is 18.8 Å². The summed E-state index contributed by atoms with van der Waals surface area (Å²) < 4.78 is 5.52. The lowest BCUT2D eigenvalue weighted by Gasteiger charge is -2.23. The van der Waals surface area contributed by atoms with Crippen molar-refractivity contribution in [3.8, 4) is 0 Å². The van der Waals surface area contributed by atoms with E-state index in [1.165, 1.54) is 19.3 Å². The molecule has 13 heavy (non-hydrogen) atoms. The third-order valence-corrected chi connectivity index (χ3v) is 1.91. The molecule has 0 bridgehead atoms. The van der Waals surface area contributed by atoms with Crippen molar-refractivity contribution in [2.75, 3.05) is 13.2 Å². The molecule has 78 valence electrons. The maximum Gasteiger partial charge on any atom is 0.0747 e. The van der Waals surface area contributed by atoms with Crippen LogP contribution in [0, 0.1) is 0 Å². The third-order valence-electron chi connectivity index (χ3n) is 1.91. The van der Waals surface area contributed by atoms with Gasteiger partial charge in [0.2, 0.25) is 0 Å². The highest BCUT2D eigenvalue weighted by molar-refractivity contribution is 4.85. The number of ether oxygens (including phenoxy) is 1. The first-order valence-corrected chi connectivity index (χ1v) is 5.30. The molecule has 1 heterocycles. The number of rotatable bonds is 3. The van der Waals surface area contributed by atoms with Crippen molar-refractivity contribution >= 4 is 0 Å². The van der Waals surface area contributed by atoms with Crippen LogP contribution < -0.4 is 5.32 Å². The van der Waals surface area contributed by atoms with Crippen molar-refractivity contribution in [1.82, 2.24) is 5.32 Å². The Balaban J connectivity index is 0.000000671. The average Bonchev–Trinajstić information content (AvgIpc) is 2.19. The zero-order valence-electron chi connectivity index (χ0n) is 9.23. The fourth-order valence-corrected chi connectivity index (χ4v) is 1.26. The molecule has 0 aromatic heterocycles. The average molecular weight is 185 g/mol. The molecule has 0 aromatic rings. The third kappa shape index (κ3) is 6.64. The fraction of sp³-hybridized carbons (Fsp3) is 0.818. The number of hydrogen-bond donors (Lipinski definition) is 1. The Hall–Kier alpha value is -0.500.